The maximum absolute atomic E-state index is 9.17. The van der Waals surface area contributed by atoms with Crippen molar-refractivity contribution >= 4 is 12.6 Å². The fourth-order valence-corrected chi connectivity index (χ4v) is 2.56. The molecule has 2 N–H and O–H groups in total. The summed E-state index contributed by atoms with van der Waals surface area (Å²) in [6, 6.07) is 5.44. The minimum atomic E-state index is -1.41. The van der Waals surface area contributed by atoms with Crippen LogP contribution in [0.15, 0.2) is 18.2 Å². The van der Waals surface area contributed by atoms with E-state index in [4.69, 9.17) is 14.8 Å². The molecule has 0 saturated heterocycles. The predicted octanol–water partition coefficient (Wildman–Crippen LogP) is 1.78. The summed E-state index contributed by atoms with van der Waals surface area (Å²) in [5.74, 6) is 0.837. The average molecular weight is 248 g/mol. The van der Waals surface area contributed by atoms with Gasteiger partial charge in [0.2, 0.25) is 0 Å². The Bertz CT molecular complexity index is 385. The highest BCUT2D eigenvalue weighted by atomic mass is 16.5. The first-order valence-corrected chi connectivity index (χ1v) is 6.80. The fourth-order valence-electron chi connectivity index (χ4n) is 2.56. The molecule has 18 heavy (non-hydrogen) atoms. The quantitative estimate of drug-likeness (QED) is 0.633. The summed E-state index contributed by atoms with van der Waals surface area (Å²) in [6.45, 7) is 1.87. The molecular weight excluding hydrogens is 227 g/mol. The molecule has 1 aromatic carbocycles. The summed E-state index contributed by atoms with van der Waals surface area (Å²) < 4.78 is 5.99. The van der Waals surface area contributed by atoms with Gasteiger partial charge in [0.25, 0.3) is 0 Å². The molecule has 1 aliphatic rings. The van der Waals surface area contributed by atoms with E-state index < -0.39 is 7.12 Å². The number of hydrogen-bond donors (Lipinski definition) is 2. The SMILES string of the molecule is Cc1cc(OC2CCCCCC2)ccc1B(O)O. The minimum Gasteiger partial charge on any atom is -0.490 e. The van der Waals surface area contributed by atoms with Gasteiger partial charge in [-0.15, -0.1) is 0 Å². The molecule has 1 saturated carbocycles. The van der Waals surface area contributed by atoms with Crippen LogP contribution in [-0.4, -0.2) is 23.3 Å². The lowest BCUT2D eigenvalue weighted by atomic mass is 9.77. The van der Waals surface area contributed by atoms with Gasteiger partial charge < -0.3 is 14.8 Å². The van der Waals surface area contributed by atoms with Crippen molar-refractivity contribution in [3.63, 3.8) is 0 Å². The molecule has 0 spiro atoms. The van der Waals surface area contributed by atoms with Crippen LogP contribution in [0.25, 0.3) is 0 Å². The highest BCUT2D eigenvalue weighted by molar-refractivity contribution is 6.59. The molecule has 0 heterocycles. The van der Waals surface area contributed by atoms with Gasteiger partial charge in [-0.3, -0.25) is 0 Å². The molecule has 1 fully saturated rings. The van der Waals surface area contributed by atoms with Gasteiger partial charge in [0.1, 0.15) is 5.75 Å². The third-order valence-electron chi connectivity index (χ3n) is 3.62. The van der Waals surface area contributed by atoms with Gasteiger partial charge in [-0.05, 0) is 55.8 Å². The van der Waals surface area contributed by atoms with E-state index in [1.54, 1.807) is 6.07 Å². The first kappa shape index (κ1) is 13.4. The Morgan fingerprint density at radius 3 is 2.33 bits per heavy atom. The standard InChI is InChI=1S/C14H21BO3/c1-11-10-13(8-9-14(11)15(16)17)18-12-6-4-2-3-5-7-12/h8-10,12,16-17H,2-7H2,1H3. The number of rotatable bonds is 3. The van der Waals surface area contributed by atoms with Crippen LogP contribution in [0.2, 0.25) is 0 Å². The van der Waals surface area contributed by atoms with E-state index in [1.165, 1.54) is 25.7 Å². The summed E-state index contributed by atoms with van der Waals surface area (Å²) >= 11 is 0. The molecular formula is C14H21BO3. The second-order valence-electron chi connectivity index (χ2n) is 5.12. The second-order valence-corrected chi connectivity index (χ2v) is 5.12. The Morgan fingerprint density at radius 2 is 1.78 bits per heavy atom. The van der Waals surface area contributed by atoms with Crippen molar-refractivity contribution in [2.45, 2.75) is 51.6 Å². The zero-order valence-corrected chi connectivity index (χ0v) is 10.9. The van der Waals surface area contributed by atoms with E-state index in [-0.39, 0.29) is 0 Å². The largest absolute Gasteiger partial charge is 0.490 e. The van der Waals surface area contributed by atoms with Crippen LogP contribution in [0.3, 0.4) is 0 Å². The lowest BCUT2D eigenvalue weighted by molar-refractivity contribution is 0.183. The average Bonchev–Trinajstić information content (AvgIpc) is 2.57. The second kappa shape index (κ2) is 6.25. The van der Waals surface area contributed by atoms with E-state index in [0.29, 0.717) is 11.6 Å². The zero-order valence-electron chi connectivity index (χ0n) is 10.9. The molecule has 4 heteroatoms. The van der Waals surface area contributed by atoms with E-state index in [9.17, 15) is 0 Å². The molecule has 1 aliphatic carbocycles. The molecule has 0 radical (unpaired) electrons. The first-order valence-electron chi connectivity index (χ1n) is 6.80. The van der Waals surface area contributed by atoms with Gasteiger partial charge in [-0.2, -0.15) is 0 Å². The minimum absolute atomic E-state index is 0.316. The molecule has 0 bridgehead atoms. The summed E-state index contributed by atoms with van der Waals surface area (Å²) in [5.41, 5.74) is 1.40. The van der Waals surface area contributed by atoms with Crippen molar-refractivity contribution in [2.75, 3.05) is 0 Å². The van der Waals surface area contributed by atoms with Gasteiger partial charge >= 0.3 is 7.12 Å². The van der Waals surface area contributed by atoms with Crippen molar-refractivity contribution in [1.29, 1.82) is 0 Å². The highest BCUT2D eigenvalue weighted by Gasteiger charge is 2.16. The van der Waals surface area contributed by atoms with Gasteiger partial charge in [0, 0.05) is 0 Å². The van der Waals surface area contributed by atoms with Crippen LogP contribution >= 0.6 is 0 Å². The lowest BCUT2D eigenvalue weighted by Crippen LogP contribution is -2.32. The molecule has 98 valence electrons. The van der Waals surface area contributed by atoms with Crippen LogP contribution in [0, 0.1) is 6.92 Å². The first-order chi connectivity index (χ1) is 8.66. The summed E-state index contributed by atoms with van der Waals surface area (Å²) in [6.07, 6.45) is 7.70. The van der Waals surface area contributed by atoms with Gasteiger partial charge in [-0.25, -0.2) is 0 Å². The maximum atomic E-state index is 9.17. The van der Waals surface area contributed by atoms with Crippen LogP contribution in [0.1, 0.15) is 44.1 Å². The topological polar surface area (TPSA) is 49.7 Å². The zero-order chi connectivity index (χ0) is 13.0. The van der Waals surface area contributed by atoms with Gasteiger partial charge in [-0.1, -0.05) is 18.9 Å². The van der Waals surface area contributed by atoms with Crippen molar-refractivity contribution in [3.8, 4) is 5.75 Å². The Hall–Kier alpha value is -0.995. The third kappa shape index (κ3) is 3.50. The molecule has 0 unspecified atom stereocenters. The van der Waals surface area contributed by atoms with Crippen LogP contribution in [-0.2, 0) is 0 Å². The van der Waals surface area contributed by atoms with E-state index in [2.05, 4.69) is 0 Å². The van der Waals surface area contributed by atoms with Crippen LogP contribution in [0.4, 0.5) is 0 Å². The lowest BCUT2D eigenvalue weighted by Gasteiger charge is -2.18. The Kier molecular flexibility index (Phi) is 4.67. The molecule has 1 aromatic rings. The Balaban J connectivity index is 2.02. The summed E-state index contributed by atoms with van der Waals surface area (Å²) in [4.78, 5) is 0. The molecule has 0 aliphatic heterocycles. The van der Waals surface area contributed by atoms with Crippen LogP contribution < -0.4 is 10.2 Å². The summed E-state index contributed by atoms with van der Waals surface area (Å²) in [5, 5.41) is 18.3. The maximum Gasteiger partial charge on any atom is 0.488 e. The number of benzene rings is 1. The molecule has 0 amide bonds. The normalized spacial score (nSPS) is 17.3. The summed E-state index contributed by atoms with van der Waals surface area (Å²) in [7, 11) is -1.41. The smallest absolute Gasteiger partial charge is 0.488 e. The molecule has 0 atom stereocenters. The highest BCUT2D eigenvalue weighted by Crippen LogP contribution is 2.23. The van der Waals surface area contributed by atoms with E-state index in [0.717, 1.165) is 24.2 Å². The Morgan fingerprint density at radius 1 is 1.11 bits per heavy atom. The van der Waals surface area contributed by atoms with Crippen molar-refractivity contribution in [1.82, 2.24) is 0 Å². The van der Waals surface area contributed by atoms with Crippen molar-refractivity contribution in [2.24, 2.45) is 0 Å². The van der Waals surface area contributed by atoms with Crippen molar-refractivity contribution < 1.29 is 14.8 Å². The molecule has 2 rings (SSSR count). The van der Waals surface area contributed by atoms with Crippen LogP contribution in [0.5, 0.6) is 5.75 Å². The van der Waals surface area contributed by atoms with E-state index >= 15 is 0 Å². The number of aryl methyl sites for hydroxylation is 1. The third-order valence-corrected chi connectivity index (χ3v) is 3.62. The predicted molar refractivity (Wildman–Crippen MR) is 73.1 cm³/mol. The van der Waals surface area contributed by atoms with Gasteiger partial charge in [0.05, 0.1) is 6.10 Å². The number of hydrogen-bond acceptors (Lipinski definition) is 3. The van der Waals surface area contributed by atoms with Gasteiger partial charge in [0.15, 0.2) is 0 Å². The number of ether oxygens (including phenoxy) is 1. The van der Waals surface area contributed by atoms with Crippen molar-refractivity contribution in [3.05, 3.63) is 23.8 Å². The molecule has 3 nitrogen and oxygen atoms in total. The monoisotopic (exact) mass is 248 g/mol. The van der Waals surface area contributed by atoms with E-state index in [1.807, 2.05) is 19.1 Å². The fraction of sp³-hybridized carbons (Fsp3) is 0.571. The Labute approximate surface area is 109 Å². The molecule has 0 aromatic heterocycles.